The number of hydrogen-bond donors (Lipinski definition) is 1. The average Bonchev–Trinajstić information content (AvgIpc) is 2.92. The number of ether oxygens (including phenoxy) is 6. The second kappa shape index (κ2) is 7.94. The van der Waals surface area contributed by atoms with Gasteiger partial charge in [0.25, 0.3) is 0 Å². The predicted octanol–water partition coefficient (Wildman–Crippen LogP) is 2.04. The van der Waals surface area contributed by atoms with Crippen molar-refractivity contribution in [3.63, 3.8) is 0 Å². The number of benzene rings is 1. The first-order valence-electron chi connectivity index (χ1n) is 8.55. The van der Waals surface area contributed by atoms with Gasteiger partial charge in [-0.25, -0.2) is 0 Å². The Morgan fingerprint density at radius 2 is 2.12 bits per heavy atom. The smallest absolute Gasteiger partial charge is 0.188 e. The first kappa shape index (κ1) is 19.1. The summed E-state index contributed by atoms with van der Waals surface area (Å²) in [5.74, 6) is 0.997. The first-order chi connectivity index (χ1) is 12.6. The summed E-state index contributed by atoms with van der Waals surface area (Å²) in [6.45, 7) is 6.00. The Morgan fingerprint density at radius 1 is 1.35 bits per heavy atom. The molecule has 0 saturated carbocycles. The van der Waals surface area contributed by atoms with Gasteiger partial charge in [0, 0.05) is 20.1 Å². The van der Waals surface area contributed by atoms with Gasteiger partial charge in [-0.3, -0.25) is 0 Å². The molecule has 2 aliphatic rings. The molecular formula is C19H26O7. The Labute approximate surface area is 153 Å². The van der Waals surface area contributed by atoms with Crippen molar-refractivity contribution >= 4 is 0 Å². The zero-order valence-electron chi connectivity index (χ0n) is 15.3. The Bertz CT molecular complexity index is 634. The van der Waals surface area contributed by atoms with E-state index in [1.54, 1.807) is 20.3 Å². The van der Waals surface area contributed by atoms with E-state index in [1.807, 2.05) is 25.1 Å². The third kappa shape index (κ3) is 3.10. The molecule has 1 aromatic rings. The van der Waals surface area contributed by atoms with E-state index in [0.717, 1.165) is 5.56 Å². The molecule has 0 aliphatic carbocycles. The van der Waals surface area contributed by atoms with E-state index in [4.69, 9.17) is 28.4 Å². The summed E-state index contributed by atoms with van der Waals surface area (Å²) in [7, 11) is 3.10. The van der Waals surface area contributed by atoms with Gasteiger partial charge in [0.1, 0.15) is 36.6 Å². The fourth-order valence-corrected chi connectivity index (χ4v) is 3.57. The van der Waals surface area contributed by atoms with Gasteiger partial charge in [-0.1, -0.05) is 19.1 Å². The lowest BCUT2D eigenvalue weighted by atomic mass is 9.80. The Balaban J connectivity index is 2.02. The van der Waals surface area contributed by atoms with E-state index in [0.29, 0.717) is 11.5 Å². The topological polar surface area (TPSA) is 75.6 Å². The van der Waals surface area contributed by atoms with E-state index in [2.05, 4.69) is 6.58 Å². The molecule has 1 aromatic carbocycles. The van der Waals surface area contributed by atoms with Crippen LogP contribution in [0.25, 0.3) is 0 Å². The number of aliphatic hydroxyl groups is 1. The lowest BCUT2D eigenvalue weighted by Gasteiger charge is -2.44. The Kier molecular flexibility index (Phi) is 5.84. The number of aliphatic hydroxyl groups excluding tert-OH is 1. The lowest BCUT2D eigenvalue weighted by Crippen LogP contribution is -2.61. The van der Waals surface area contributed by atoms with Crippen molar-refractivity contribution in [1.29, 1.82) is 0 Å². The van der Waals surface area contributed by atoms with Crippen LogP contribution in [0.4, 0.5) is 0 Å². The van der Waals surface area contributed by atoms with Gasteiger partial charge < -0.3 is 33.5 Å². The van der Waals surface area contributed by atoms with Crippen LogP contribution in [0.3, 0.4) is 0 Å². The highest BCUT2D eigenvalue weighted by Gasteiger charge is 2.62. The molecule has 2 aliphatic heterocycles. The Morgan fingerprint density at radius 3 is 2.81 bits per heavy atom. The molecule has 7 heteroatoms. The largest absolute Gasteiger partial charge is 0.479 e. The van der Waals surface area contributed by atoms with E-state index in [1.165, 1.54) is 0 Å². The standard InChI is InChI=1S/C19H26O7/c1-5-12(2)17(20)19-9-23-16(18(19)25-11-22-4)15-13(24-10-21-3)7-6-8-14(15)26-19/h5-8,12,16-18,20H,1,9-11H2,2-4H3/t12-,16+,17-,18+,19-/m0/s1. The zero-order chi connectivity index (χ0) is 18.7. The highest BCUT2D eigenvalue weighted by atomic mass is 16.7. The van der Waals surface area contributed by atoms with Crippen molar-refractivity contribution in [1.82, 2.24) is 0 Å². The molecule has 5 atom stereocenters. The highest BCUT2D eigenvalue weighted by Crippen LogP contribution is 2.53. The van der Waals surface area contributed by atoms with Crippen molar-refractivity contribution in [3.8, 4) is 11.5 Å². The summed E-state index contributed by atoms with van der Waals surface area (Å²) in [4.78, 5) is 0. The van der Waals surface area contributed by atoms with Crippen molar-refractivity contribution in [2.45, 2.75) is 30.8 Å². The van der Waals surface area contributed by atoms with Crippen LogP contribution in [-0.2, 0) is 18.9 Å². The summed E-state index contributed by atoms with van der Waals surface area (Å²) >= 11 is 0. The minimum Gasteiger partial charge on any atom is -0.479 e. The quantitative estimate of drug-likeness (QED) is 0.529. The van der Waals surface area contributed by atoms with Crippen LogP contribution < -0.4 is 9.47 Å². The second-order valence-corrected chi connectivity index (χ2v) is 6.54. The minimum atomic E-state index is -1.05. The van der Waals surface area contributed by atoms with E-state index < -0.39 is 23.9 Å². The SMILES string of the molecule is C=C[C@H](C)[C@H](O)[C@]12CO[C@H](c3c(OCOC)cccc3O1)[C@H]2OCOC. The van der Waals surface area contributed by atoms with E-state index in [9.17, 15) is 5.11 Å². The maximum atomic E-state index is 11.0. The summed E-state index contributed by atoms with van der Waals surface area (Å²) in [6, 6.07) is 5.49. The molecule has 144 valence electrons. The molecule has 2 bridgehead atoms. The van der Waals surface area contributed by atoms with E-state index in [-0.39, 0.29) is 26.1 Å². The lowest BCUT2D eigenvalue weighted by molar-refractivity contribution is -0.180. The number of fused-ring (bicyclic) bond motifs is 4. The molecule has 2 heterocycles. The molecule has 0 spiro atoms. The molecule has 0 radical (unpaired) electrons. The van der Waals surface area contributed by atoms with Gasteiger partial charge in [0.2, 0.25) is 0 Å². The van der Waals surface area contributed by atoms with Gasteiger partial charge in [-0.2, -0.15) is 0 Å². The van der Waals surface area contributed by atoms with Gasteiger partial charge >= 0.3 is 0 Å². The van der Waals surface area contributed by atoms with Crippen LogP contribution in [0.1, 0.15) is 18.6 Å². The van der Waals surface area contributed by atoms with Crippen LogP contribution in [0.2, 0.25) is 0 Å². The third-order valence-corrected chi connectivity index (χ3v) is 4.92. The summed E-state index contributed by atoms with van der Waals surface area (Å²) in [6.07, 6.45) is -0.172. The molecule has 0 amide bonds. The Hall–Kier alpha value is -1.64. The molecule has 1 fully saturated rings. The van der Waals surface area contributed by atoms with Crippen molar-refractivity contribution in [3.05, 3.63) is 36.4 Å². The molecule has 0 unspecified atom stereocenters. The average molecular weight is 366 g/mol. The van der Waals surface area contributed by atoms with Crippen LogP contribution in [0.15, 0.2) is 30.9 Å². The van der Waals surface area contributed by atoms with Crippen molar-refractivity contribution in [2.24, 2.45) is 5.92 Å². The van der Waals surface area contributed by atoms with Crippen LogP contribution in [-0.4, -0.2) is 57.3 Å². The molecule has 7 nitrogen and oxygen atoms in total. The molecule has 1 N–H and O–H groups in total. The fraction of sp³-hybridized carbons (Fsp3) is 0.579. The minimum absolute atomic E-state index is 0.0568. The van der Waals surface area contributed by atoms with Gasteiger partial charge in [0.15, 0.2) is 12.4 Å². The van der Waals surface area contributed by atoms with Crippen molar-refractivity contribution < 1.29 is 33.5 Å². The second-order valence-electron chi connectivity index (χ2n) is 6.54. The monoisotopic (exact) mass is 366 g/mol. The fourth-order valence-electron chi connectivity index (χ4n) is 3.57. The molecular weight excluding hydrogens is 340 g/mol. The van der Waals surface area contributed by atoms with Crippen molar-refractivity contribution in [2.75, 3.05) is 34.4 Å². The van der Waals surface area contributed by atoms with Crippen LogP contribution in [0, 0.1) is 5.92 Å². The summed E-state index contributed by atoms with van der Waals surface area (Å²) in [5.41, 5.74) is -0.304. The number of hydrogen-bond acceptors (Lipinski definition) is 7. The number of rotatable bonds is 9. The molecule has 3 rings (SSSR count). The summed E-state index contributed by atoms with van der Waals surface area (Å²) in [5, 5.41) is 11.0. The van der Waals surface area contributed by atoms with Gasteiger partial charge in [-0.15, -0.1) is 6.58 Å². The molecule has 26 heavy (non-hydrogen) atoms. The van der Waals surface area contributed by atoms with Gasteiger partial charge in [-0.05, 0) is 12.1 Å². The third-order valence-electron chi connectivity index (χ3n) is 4.92. The van der Waals surface area contributed by atoms with Gasteiger partial charge in [0.05, 0.1) is 12.2 Å². The summed E-state index contributed by atoms with van der Waals surface area (Å²) < 4.78 is 34.0. The zero-order valence-corrected chi connectivity index (χ0v) is 15.3. The number of methoxy groups -OCH3 is 2. The highest BCUT2D eigenvalue weighted by molar-refractivity contribution is 5.50. The maximum Gasteiger partial charge on any atom is 0.188 e. The van der Waals surface area contributed by atoms with E-state index >= 15 is 0 Å². The molecule has 0 aromatic heterocycles. The maximum absolute atomic E-state index is 11.0. The molecule has 1 saturated heterocycles. The predicted molar refractivity (Wildman–Crippen MR) is 93.1 cm³/mol. The normalized spacial score (nSPS) is 28.8. The van der Waals surface area contributed by atoms with Crippen LogP contribution >= 0.6 is 0 Å². The first-order valence-corrected chi connectivity index (χ1v) is 8.55. The van der Waals surface area contributed by atoms with Crippen LogP contribution in [0.5, 0.6) is 11.5 Å².